The van der Waals surface area contributed by atoms with Crippen LogP contribution < -0.4 is 0 Å². The normalized spacial score (nSPS) is 45.9. The average Bonchev–Trinajstić information content (AvgIpc) is 3.01. The van der Waals surface area contributed by atoms with Crippen LogP contribution in [0.3, 0.4) is 0 Å². The highest BCUT2D eigenvalue weighted by Crippen LogP contribution is 2.72. The number of allylic oxidation sites excluding steroid dienone is 3. The number of hydrogen-bond acceptors (Lipinski definition) is 3. The Labute approximate surface area is 202 Å². The van der Waals surface area contributed by atoms with Crippen LogP contribution in [0.2, 0.25) is 0 Å². The van der Waals surface area contributed by atoms with E-state index in [1.807, 2.05) is 0 Å². The Morgan fingerprint density at radius 3 is 2.42 bits per heavy atom. The first kappa shape index (κ1) is 25.2. The maximum absolute atomic E-state index is 13.9. The van der Waals surface area contributed by atoms with Gasteiger partial charge in [0.15, 0.2) is 0 Å². The van der Waals surface area contributed by atoms with Crippen LogP contribution in [0.1, 0.15) is 100 Å². The van der Waals surface area contributed by atoms with E-state index in [1.54, 1.807) is 0 Å². The van der Waals surface area contributed by atoms with Gasteiger partial charge in [0.2, 0.25) is 0 Å². The van der Waals surface area contributed by atoms with Crippen LogP contribution in [0, 0.1) is 45.3 Å². The first-order valence-electron chi connectivity index (χ1n) is 13.4. The second-order valence-electron chi connectivity index (χ2n) is 13.7. The van der Waals surface area contributed by atoms with Crippen LogP contribution in [0.5, 0.6) is 0 Å². The third kappa shape index (κ3) is 3.46. The van der Waals surface area contributed by atoms with Crippen molar-refractivity contribution in [3.8, 4) is 0 Å². The van der Waals surface area contributed by atoms with E-state index in [-0.39, 0.29) is 51.6 Å². The van der Waals surface area contributed by atoms with Crippen molar-refractivity contribution < 1.29 is 15.0 Å². The number of carbonyl (C=O) groups excluding carboxylic acids is 1. The van der Waals surface area contributed by atoms with Crippen LogP contribution in [0.15, 0.2) is 23.3 Å². The highest BCUT2D eigenvalue weighted by molar-refractivity contribution is 5.87. The second-order valence-corrected chi connectivity index (χ2v) is 13.7. The summed E-state index contributed by atoms with van der Waals surface area (Å²) >= 11 is 0. The van der Waals surface area contributed by atoms with E-state index in [9.17, 15) is 15.0 Å². The van der Waals surface area contributed by atoms with Crippen LogP contribution in [0.4, 0.5) is 0 Å². The largest absolute Gasteiger partial charge is 0.393 e. The van der Waals surface area contributed by atoms with Gasteiger partial charge >= 0.3 is 0 Å². The van der Waals surface area contributed by atoms with Crippen molar-refractivity contribution in [3.63, 3.8) is 0 Å². The zero-order chi connectivity index (χ0) is 24.6. The predicted octanol–water partition coefficient (Wildman–Crippen LogP) is 6.48. The molecule has 9 unspecified atom stereocenters. The van der Waals surface area contributed by atoms with Gasteiger partial charge in [0, 0.05) is 12.3 Å². The summed E-state index contributed by atoms with van der Waals surface area (Å²) in [5.74, 6) is 1.24. The number of carbonyl (C=O) groups is 1. The fourth-order valence-electron chi connectivity index (χ4n) is 9.09. The van der Waals surface area contributed by atoms with Gasteiger partial charge in [-0.3, -0.25) is 4.79 Å². The molecule has 3 fully saturated rings. The van der Waals surface area contributed by atoms with E-state index in [2.05, 4.69) is 67.5 Å². The van der Waals surface area contributed by atoms with Crippen LogP contribution in [0.25, 0.3) is 0 Å². The summed E-state index contributed by atoms with van der Waals surface area (Å²) in [5.41, 5.74) is 2.37. The van der Waals surface area contributed by atoms with Crippen molar-refractivity contribution in [1.82, 2.24) is 0 Å². The monoisotopic (exact) mass is 456 g/mol. The maximum Gasteiger partial charge on any atom is 0.140 e. The van der Waals surface area contributed by atoms with Gasteiger partial charge < -0.3 is 10.2 Å². The Balaban J connectivity index is 1.70. The highest BCUT2D eigenvalue weighted by Gasteiger charge is 2.67. The van der Waals surface area contributed by atoms with Crippen LogP contribution in [-0.2, 0) is 4.79 Å². The third-order valence-corrected chi connectivity index (χ3v) is 11.7. The Morgan fingerprint density at radius 1 is 1.12 bits per heavy atom. The quantitative estimate of drug-likeness (QED) is 0.476. The third-order valence-electron chi connectivity index (χ3n) is 11.7. The number of ketones is 1. The molecule has 0 heterocycles. The van der Waals surface area contributed by atoms with Gasteiger partial charge in [0.1, 0.15) is 5.78 Å². The van der Waals surface area contributed by atoms with Crippen LogP contribution >= 0.6 is 0 Å². The van der Waals surface area contributed by atoms with Crippen LogP contribution in [-0.4, -0.2) is 28.2 Å². The topological polar surface area (TPSA) is 57.5 Å². The molecule has 3 heteroatoms. The summed E-state index contributed by atoms with van der Waals surface area (Å²) in [5, 5.41) is 21.8. The van der Waals surface area contributed by atoms with Gasteiger partial charge in [-0.1, -0.05) is 64.8 Å². The summed E-state index contributed by atoms with van der Waals surface area (Å²) < 4.78 is 0. The minimum Gasteiger partial charge on any atom is -0.393 e. The molecular formula is C30H48O3. The summed E-state index contributed by atoms with van der Waals surface area (Å²) in [6, 6.07) is 0. The molecule has 33 heavy (non-hydrogen) atoms. The number of rotatable bonds is 4. The molecule has 0 spiro atoms. The minimum atomic E-state index is -0.334. The molecule has 0 saturated heterocycles. The lowest BCUT2D eigenvalue weighted by Gasteiger charge is -2.63. The van der Waals surface area contributed by atoms with Crippen molar-refractivity contribution in [2.75, 3.05) is 0 Å². The van der Waals surface area contributed by atoms with Crippen molar-refractivity contribution in [1.29, 1.82) is 0 Å². The molecular weight excluding hydrogens is 408 g/mol. The zero-order valence-electron chi connectivity index (χ0n) is 22.4. The molecule has 3 saturated carbocycles. The Morgan fingerprint density at radius 2 is 1.79 bits per heavy atom. The van der Waals surface area contributed by atoms with E-state index in [0.717, 1.165) is 32.1 Å². The lowest BCUT2D eigenvalue weighted by atomic mass is 9.41. The fourth-order valence-corrected chi connectivity index (χ4v) is 9.09. The number of hydrogen-bond donors (Lipinski definition) is 2. The molecule has 3 nitrogen and oxygen atoms in total. The number of aliphatic hydroxyl groups excluding tert-OH is 2. The fraction of sp³-hybridized carbons (Fsp3) is 0.833. The average molecular weight is 457 g/mol. The Hall–Kier alpha value is -0.930. The zero-order valence-corrected chi connectivity index (χ0v) is 22.4. The van der Waals surface area contributed by atoms with Gasteiger partial charge in [-0.05, 0) is 91.8 Å². The second kappa shape index (κ2) is 8.05. The maximum atomic E-state index is 13.9. The number of Topliss-reactive ketones (excluding diaryl/α,β-unsaturated/α-hetero) is 1. The van der Waals surface area contributed by atoms with Gasteiger partial charge in [-0.15, -0.1) is 0 Å². The van der Waals surface area contributed by atoms with Gasteiger partial charge in [0.05, 0.1) is 12.2 Å². The number of fused-ring (bicyclic) bond motifs is 5. The molecule has 0 aromatic rings. The number of aliphatic hydroxyl groups is 2. The molecule has 2 N–H and O–H groups in total. The summed E-state index contributed by atoms with van der Waals surface area (Å²) in [6.45, 7) is 18.0. The smallest absolute Gasteiger partial charge is 0.140 e. The highest BCUT2D eigenvalue weighted by atomic mass is 16.3. The van der Waals surface area contributed by atoms with E-state index in [0.29, 0.717) is 24.5 Å². The molecule has 0 aliphatic heterocycles. The van der Waals surface area contributed by atoms with Crippen molar-refractivity contribution in [3.05, 3.63) is 23.3 Å². The molecule has 4 aliphatic rings. The standard InChI is InChI=1S/C30H48O3/c1-18(2)9-10-22(31)19(3)20-11-16-30(8)26-21(12-15-29(20,30)7)28(6)14-13-25(33)27(4,5)24(28)17-23(26)32/h9,12,19-20,22,24-26,31,33H,10-11,13-17H2,1-8H3. The molecule has 4 rings (SSSR count). The lowest BCUT2D eigenvalue weighted by molar-refractivity contribution is -0.152. The Kier molecular flexibility index (Phi) is 6.14. The molecule has 0 aromatic carbocycles. The van der Waals surface area contributed by atoms with Crippen molar-refractivity contribution >= 4 is 5.78 Å². The van der Waals surface area contributed by atoms with E-state index < -0.39 is 0 Å². The van der Waals surface area contributed by atoms with E-state index in [1.165, 1.54) is 11.1 Å². The molecule has 186 valence electrons. The molecule has 0 amide bonds. The summed E-state index contributed by atoms with van der Waals surface area (Å²) in [4.78, 5) is 13.9. The molecule has 0 aromatic heterocycles. The first-order chi connectivity index (χ1) is 15.2. The van der Waals surface area contributed by atoms with Gasteiger partial charge in [-0.25, -0.2) is 0 Å². The molecule has 4 aliphatic carbocycles. The van der Waals surface area contributed by atoms with Gasteiger partial charge in [0.25, 0.3) is 0 Å². The summed E-state index contributed by atoms with van der Waals surface area (Å²) in [6.07, 6.45) is 10.2. The van der Waals surface area contributed by atoms with Gasteiger partial charge in [-0.2, -0.15) is 0 Å². The SMILES string of the molecule is CC(C)=CCC(O)C(C)C1CCC2(C)C3C(=O)CC4C(C)(CCC(O)C4(C)C)C3=CCC12C. The van der Waals surface area contributed by atoms with Crippen molar-refractivity contribution in [2.45, 2.75) is 113 Å². The predicted molar refractivity (Wildman–Crippen MR) is 135 cm³/mol. The lowest BCUT2D eigenvalue weighted by Crippen LogP contribution is -2.60. The minimum absolute atomic E-state index is 0.00168. The van der Waals surface area contributed by atoms with E-state index in [4.69, 9.17) is 0 Å². The first-order valence-corrected chi connectivity index (χ1v) is 13.4. The van der Waals surface area contributed by atoms with Crippen molar-refractivity contribution in [2.24, 2.45) is 45.3 Å². The molecule has 0 bridgehead atoms. The molecule has 0 radical (unpaired) electrons. The Bertz CT molecular complexity index is 864. The summed E-state index contributed by atoms with van der Waals surface area (Å²) in [7, 11) is 0. The molecule has 9 atom stereocenters. The van der Waals surface area contributed by atoms with E-state index >= 15 is 0 Å².